The van der Waals surface area contributed by atoms with Crippen molar-refractivity contribution in [3.05, 3.63) is 99.4 Å². The smallest absolute Gasteiger partial charge is 0.270 e. The molecule has 0 aromatic heterocycles. The zero-order valence-electron chi connectivity index (χ0n) is 17.8. The predicted octanol–water partition coefficient (Wildman–Crippen LogP) is 5.47. The van der Waals surface area contributed by atoms with E-state index in [2.05, 4.69) is 5.32 Å². The minimum absolute atomic E-state index is 0.182. The van der Waals surface area contributed by atoms with Gasteiger partial charge in [-0.3, -0.25) is 9.10 Å². The molecule has 0 unspecified atom stereocenters. The molecule has 0 saturated heterocycles. The van der Waals surface area contributed by atoms with Crippen molar-refractivity contribution in [1.29, 1.82) is 0 Å². The van der Waals surface area contributed by atoms with Gasteiger partial charge in [0, 0.05) is 28.4 Å². The minimum Gasteiger partial charge on any atom is -0.321 e. The first-order valence-corrected chi connectivity index (χ1v) is 12.2. The lowest BCUT2D eigenvalue weighted by Gasteiger charge is -2.33. The van der Waals surface area contributed by atoms with Crippen LogP contribution in [-0.2, 0) is 21.2 Å². The molecule has 1 aliphatic rings. The Labute approximate surface area is 193 Å². The first-order chi connectivity index (χ1) is 15.4. The summed E-state index contributed by atoms with van der Waals surface area (Å²) in [7, 11) is -4.12. The second kappa shape index (κ2) is 8.81. The number of rotatable bonds is 5. The molecule has 0 fully saturated rings. The summed E-state index contributed by atoms with van der Waals surface area (Å²) in [5, 5.41) is 3.30. The van der Waals surface area contributed by atoms with Crippen LogP contribution in [0.15, 0.2) is 77.7 Å². The lowest BCUT2D eigenvalue weighted by molar-refractivity contribution is -0.112. The van der Waals surface area contributed by atoms with Gasteiger partial charge in [-0.25, -0.2) is 8.42 Å². The molecule has 32 heavy (non-hydrogen) atoms. The first-order valence-electron chi connectivity index (χ1n) is 10.4. The average molecular weight is 467 g/mol. The van der Waals surface area contributed by atoms with E-state index < -0.39 is 15.9 Å². The number of carbonyl (C=O) groups excluding carboxylic acids is 1. The number of hydrogen-bond acceptors (Lipinski definition) is 3. The molecule has 3 aromatic carbocycles. The highest BCUT2D eigenvalue weighted by molar-refractivity contribution is 7.97. The predicted molar refractivity (Wildman–Crippen MR) is 130 cm³/mol. The third-order valence-corrected chi connectivity index (χ3v) is 7.65. The van der Waals surface area contributed by atoms with Crippen LogP contribution in [0.3, 0.4) is 0 Å². The van der Waals surface area contributed by atoms with Crippen LogP contribution in [0.25, 0.3) is 5.57 Å². The molecule has 164 valence electrons. The molecule has 0 atom stereocenters. The number of para-hydroxylation sites is 1. The second-order valence-corrected chi connectivity index (χ2v) is 9.60. The molecular formula is C25H23ClN2O3S. The highest BCUT2D eigenvalue weighted by Gasteiger charge is 2.40. The van der Waals surface area contributed by atoms with Gasteiger partial charge in [0.1, 0.15) is 0 Å². The molecule has 0 saturated carbocycles. The number of benzene rings is 3. The summed E-state index contributed by atoms with van der Waals surface area (Å²) in [6, 6.07) is 21.5. The van der Waals surface area contributed by atoms with Gasteiger partial charge in [-0.1, -0.05) is 67.1 Å². The molecule has 1 amide bonds. The summed E-state index contributed by atoms with van der Waals surface area (Å²) < 4.78 is 28.7. The van der Waals surface area contributed by atoms with Gasteiger partial charge < -0.3 is 5.32 Å². The quantitative estimate of drug-likeness (QED) is 0.542. The normalized spacial score (nSPS) is 14.8. The van der Waals surface area contributed by atoms with Crippen molar-refractivity contribution in [3.63, 3.8) is 0 Å². The van der Waals surface area contributed by atoms with Crippen LogP contribution in [0.5, 0.6) is 0 Å². The van der Waals surface area contributed by atoms with Crippen LogP contribution in [0.4, 0.5) is 11.4 Å². The molecule has 0 spiro atoms. The number of anilines is 2. The Morgan fingerprint density at radius 1 is 0.969 bits per heavy atom. The maximum atomic E-state index is 13.7. The van der Waals surface area contributed by atoms with Gasteiger partial charge in [-0.15, -0.1) is 0 Å². The van der Waals surface area contributed by atoms with Gasteiger partial charge in [-0.2, -0.15) is 0 Å². The number of carbonyl (C=O) groups is 1. The lowest BCUT2D eigenvalue weighted by Crippen LogP contribution is -2.39. The molecule has 1 N–H and O–H groups in total. The molecule has 1 aliphatic heterocycles. The number of nitrogens with zero attached hydrogens (tertiary/aromatic N) is 1. The molecule has 0 aliphatic carbocycles. The third-order valence-electron chi connectivity index (χ3n) is 5.47. The number of fused-ring (bicyclic) bond motifs is 1. The Bertz CT molecular complexity index is 1320. The molecule has 1 heterocycles. The SMILES string of the molecule is CCc1ccccc1NC(=O)C1=C(c2ccccc2)c2cc(Cl)ccc2N(CC)S1(=O)=O. The third kappa shape index (κ3) is 3.80. The number of hydrogen-bond donors (Lipinski definition) is 1. The Balaban J connectivity index is 2.00. The molecule has 4 rings (SSSR count). The minimum atomic E-state index is -4.12. The summed E-state index contributed by atoms with van der Waals surface area (Å²) in [5.74, 6) is -0.672. The van der Waals surface area contributed by atoms with Crippen molar-refractivity contribution >= 4 is 44.5 Å². The lowest BCUT2D eigenvalue weighted by atomic mass is 9.95. The summed E-state index contributed by atoms with van der Waals surface area (Å²) in [4.78, 5) is 13.3. The van der Waals surface area contributed by atoms with E-state index in [0.29, 0.717) is 39.5 Å². The number of halogens is 1. The number of nitrogens with one attached hydrogen (secondary N) is 1. The number of aryl methyl sites for hydroxylation is 1. The van der Waals surface area contributed by atoms with Crippen molar-refractivity contribution in [2.24, 2.45) is 0 Å². The largest absolute Gasteiger partial charge is 0.321 e. The standard InChI is InChI=1S/C25H23ClN2O3S/c1-3-17-10-8-9-13-21(17)27-25(29)24-23(18-11-6-5-7-12-18)20-16-19(26)14-15-22(20)28(4-2)32(24,30)31/h5-16H,3-4H2,1-2H3,(H,27,29). The van der Waals surface area contributed by atoms with E-state index >= 15 is 0 Å². The molecular weight excluding hydrogens is 444 g/mol. The van der Waals surface area contributed by atoms with E-state index in [9.17, 15) is 13.2 Å². The monoisotopic (exact) mass is 466 g/mol. The van der Waals surface area contributed by atoms with E-state index in [1.165, 1.54) is 4.31 Å². The van der Waals surface area contributed by atoms with Crippen LogP contribution in [0.2, 0.25) is 5.02 Å². The van der Waals surface area contributed by atoms with Crippen LogP contribution >= 0.6 is 11.6 Å². The Kier molecular flexibility index (Phi) is 6.09. The van der Waals surface area contributed by atoms with Gasteiger partial charge in [-0.05, 0) is 48.7 Å². The van der Waals surface area contributed by atoms with Gasteiger partial charge in [0.15, 0.2) is 4.91 Å². The number of amides is 1. The maximum Gasteiger partial charge on any atom is 0.270 e. The first kappa shape index (κ1) is 22.1. The summed E-state index contributed by atoms with van der Waals surface area (Å²) in [6.45, 7) is 3.90. The second-order valence-electron chi connectivity index (χ2n) is 7.37. The maximum absolute atomic E-state index is 13.7. The van der Waals surface area contributed by atoms with E-state index in [4.69, 9.17) is 11.6 Å². The zero-order chi connectivity index (χ0) is 22.9. The average Bonchev–Trinajstić information content (AvgIpc) is 2.79. The van der Waals surface area contributed by atoms with Crippen molar-refractivity contribution in [2.75, 3.05) is 16.2 Å². The Morgan fingerprint density at radius 3 is 2.34 bits per heavy atom. The van der Waals surface area contributed by atoms with Gasteiger partial charge in [0.25, 0.3) is 15.9 Å². The summed E-state index contributed by atoms with van der Waals surface area (Å²) in [6.07, 6.45) is 0.702. The fourth-order valence-electron chi connectivity index (χ4n) is 4.01. The Morgan fingerprint density at radius 2 is 1.66 bits per heavy atom. The van der Waals surface area contributed by atoms with Crippen LogP contribution < -0.4 is 9.62 Å². The van der Waals surface area contributed by atoms with Crippen LogP contribution in [-0.4, -0.2) is 20.9 Å². The Hall–Kier alpha value is -3.09. The van der Waals surface area contributed by atoms with E-state index in [0.717, 1.165) is 5.56 Å². The van der Waals surface area contributed by atoms with Gasteiger partial charge in [0.05, 0.1) is 5.69 Å². The van der Waals surface area contributed by atoms with Crippen molar-refractivity contribution in [2.45, 2.75) is 20.3 Å². The topological polar surface area (TPSA) is 66.5 Å². The fourth-order valence-corrected chi connectivity index (χ4v) is 5.93. The summed E-state index contributed by atoms with van der Waals surface area (Å²) >= 11 is 6.30. The molecule has 7 heteroatoms. The van der Waals surface area contributed by atoms with Gasteiger partial charge >= 0.3 is 0 Å². The highest BCUT2D eigenvalue weighted by atomic mass is 35.5. The number of sulfonamides is 1. The van der Waals surface area contributed by atoms with Crippen LogP contribution in [0.1, 0.15) is 30.5 Å². The van der Waals surface area contributed by atoms with Crippen LogP contribution in [0, 0.1) is 0 Å². The summed E-state index contributed by atoms with van der Waals surface area (Å²) in [5.41, 5.74) is 3.60. The highest BCUT2D eigenvalue weighted by Crippen LogP contribution is 2.44. The zero-order valence-corrected chi connectivity index (χ0v) is 19.4. The van der Waals surface area contributed by atoms with Crippen molar-refractivity contribution < 1.29 is 13.2 Å². The van der Waals surface area contributed by atoms with Crippen molar-refractivity contribution in [3.8, 4) is 0 Å². The van der Waals surface area contributed by atoms with E-state index in [1.807, 2.05) is 43.3 Å². The molecule has 5 nitrogen and oxygen atoms in total. The molecule has 0 bridgehead atoms. The van der Waals surface area contributed by atoms with Gasteiger partial charge in [0.2, 0.25) is 0 Å². The molecule has 0 radical (unpaired) electrons. The molecule has 3 aromatic rings. The van der Waals surface area contributed by atoms with E-state index in [-0.39, 0.29) is 11.4 Å². The van der Waals surface area contributed by atoms with Crippen molar-refractivity contribution in [1.82, 2.24) is 0 Å². The fraction of sp³-hybridized carbons (Fsp3) is 0.160. The van der Waals surface area contributed by atoms with E-state index in [1.54, 1.807) is 43.3 Å².